The average molecular weight is 277 g/mol. The van der Waals surface area contributed by atoms with Gasteiger partial charge in [-0.25, -0.2) is 4.68 Å². The maximum atomic E-state index is 12.7. The van der Waals surface area contributed by atoms with Crippen LogP contribution in [-0.2, 0) is 12.8 Å². The first-order valence-electron chi connectivity index (χ1n) is 4.94. The topological polar surface area (TPSA) is 38.0 Å². The molecule has 0 aliphatic heterocycles. The molecule has 0 aliphatic carbocycles. The number of rotatable bonds is 2. The number of benzene rings is 1. The highest BCUT2D eigenvalue weighted by Gasteiger charge is 2.33. The molecule has 0 atom stereocenters. The fourth-order valence-corrected chi connectivity index (χ4v) is 1.69. The van der Waals surface area contributed by atoms with Crippen molar-refractivity contribution in [1.82, 2.24) is 9.78 Å². The van der Waals surface area contributed by atoms with Gasteiger partial charge in [-0.1, -0.05) is 11.6 Å². The largest absolute Gasteiger partial charge is 0.417 e. The van der Waals surface area contributed by atoms with Gasteiger partial charge in [-0.05, 0) is 24.3 Å². The zero-order chi connectivity index (χ0) is 13.3. The lowest BCUT2D eigenvalue weighted by atomic mass is 10.2. The molecule has 2 aromatic rings. The molecule has 0 fully saturated rings. The molecule has 0 aliphatic rings. The summed E-state index contributed by atoms with van der Waals surface area (Å²) in [6.45, 7) is -0.271. The van der Waals surface area contributed by atoms with Crippen molar-refractivity contribution in [2.24, 2.45) is 0 Å². The molecule has 0 amide bonds. The predicted molar refractivity (Wildman–Crippen MR) is 59.5 cm³/mol. The van der Waals surface area contributed by atoms with Crippen LogP contribution in [0.2, 0.25) is 5.02 Å². The highest BCUT2D eigenvalue weighted by molar-refractivity contribution is 6.31. The van der Waals surface area contributed by atoms with Crippen molar-refractivity contribution < 1.29 is 18.3 Å². The molecule has 1 aromatic heterocycles. The molecule has 0 saturated heterocycles. The third-order valence-corrected chi connectivity index (χ3v) is 2.66. The Balaban J connectivity index is 2.47. The Kier molecular flexibility index (Phi) is 3.32. The Hall–Kier alpha value is -1.53. The summed E-state index contributed by atoms with van der Waals surface area (Å²) in [5.74, 6) is 0. The van der Waals surface area contributed by atoms with E-state index in [0.717, 1.165) is 6.07 Å². The first-order chi connectivity index (χ1) is 8.41. The van der Waals surface area contributed by atoms with E-state index in [1.54, 1.807) is 0 Å². The van der Waals surface area contributed by atoms with E-state index in [9.17, 15) is 13.2 Å². The number of nitrogens with zero attached hydrogens (tertiary/aromatic N) is 2. The van der Waals surface area contributed by atoms with Gasteiger partial charge in [-0.3, -0.25) is 0 Å². The fraction of sp³-hybridized carbons (Fsp3) is 0.182. The zero-order valence-electron chi connectivity index (χ0n) is 8.95. The second-order valence-corrected chi connectivity index (χ2v) is 3.98. The zero-order valence-corrected chi connectivity index (χ0v) is 9.70. The molecule has 18 heavy (non-hydrogen) atoms. The summed E-state index contributed by atoms with van der Waals surface area (Å²) in [7, 11) is 0. The van der Waals surface area contributed by atoms with E-state index in [0.29, 0.717) is 5.69 Å². The van der Waals surface area contributed by atoms with E-state index in [-0.39, 0.29) is 17.3 Å². The summed E-state index contributed by atoms with van der Waals surface area (Å²) in [6, 6.07) is 5.02. The van der Waals surface area contributed by atoms with Crippen LogP contribution in [0.25, 0.3) is 5.69 Å². The molecule has 1 aromatic carbocycles. The first-order valence-corrected chi connectivity index (χ1v) is 5.32. The van der Waals surface area contributed by atoms with Crippen LogP contribution in [0, 0.1) is 0 Å². The van der Waals surface area contributed by atoms with Crippen LogP contribution >= 0.6 is 11.6 Å². The second kappa shape index (κ2) is 4.62. The van der Waals surface area contributed by atoms with E-state index < -0.39 is 11.7 Å². The SMILES string of the molecule is OCc1ccn(-c2ccc(Cl)c(C(F)(F)F)c2)n1. The van der Waals surface area contributed by atoms with Crippen LogP contribution in [0.1, 0.15) is 11.3 Å². The minimum absolute atomic E-state index is 0.228. The minimum Gasteiger partial charge on any atom is -0.390 e. The summed E-state index contributed by atoms with van der Waals surface area (Å²) in [4.78, 5) is 0. The maximum absolute atomic E-state index is 12.7. The van der Waals surface area contributed by atoms with E-state index in [2.05, 4.69) is 5.10 Å². The van der Waals surface area contributed by atoms with Crippen LogP contribution in [0.5, 0.6) is 0 Å². The molecule has 0 spiro atoms. The smallest absolute Gasteiger partial charge is 0.390 e. The van der Waals surface area contributed by atoms with Gasteiger partial charge in [0.05, 0.1) is 28.6 Å². The standard InChI is InChI=1S/C11H8ClF3N2O/c12-10-2-1-8(5-9(10)11(13,14)15)17-4-3-7(6-18)16-17/h1-5,18H,6H2. The van der Waals surface area contributed by atoms with Gasteiger partial charge in [0.1, 0.15) is 0 Å². The van der Waals surface area contributed by atoms with Gasteiger partial charge in [0, 0.05) is 6.20 Å². The average Bonchev–Trinajstić information content (AvgIpc) is 2.76. The first kappa shape index (κ1) is 12.9. The Morgan fingerprint density at radius 3 is 2.56 bits per heavy atom. The molecule has 96 valence electrons. The van der Waals surface area contributed by atoms with Gasteiger partial charge in [0.15, 0.2) is 0 Å². The van der Waals surface area contributed by atoms with Crippen LogP contribution in [0.15, 0.2) is 30.5 Å². The molecular weight excluding hydrogens is 269 g/mol. The van der Waals surface area contributed by atoms with Crippen molar-refractivity contribution in [2.75, 3.05) is 0 Å². The number of aliphatic hydroxyl groups excluding tert-OH is 1. The minimum atomic E-state index is -4.51. The van der Waals surface area contributed by atoms with Gasteiger partial charge in [0.25, 0.3) is 0 Å². The molecule has 0 saturated carbocycles. The normalized spacial score (nSPS) is 11.8. The van der Waals surface area contributed by atoms with Crippen molar-refractivity contribution >= 4 is 11.6 Å². The maximum Gasteiger partial charge on any atom is 0.417 e. The summed E-state index contributed by atoms with van der Waals surface area (Å²) < 4.78 is 39.2. The van der Waals surface area contributed by atoms with E-state index in [4.69, 9.17) is 16.7 Å². The van der Waals surface area contributed by atoms with Crippen molar-refractivity contribution in [3.05, 3.63) is 46.7 Å². The third-order valence-electron chi connectivity index (χ3n) is 2.33. The Bertz CT molecular complexity index is 566. The molecular formula is C11H8ClF3N2O. The van der Waals surface area contributed by atoms with Gasteiger partial charge < -0.3 is 5.11 Å². The highest BCUT2D eigenvalue weighted by Crippen LogP contribution is 2.35. The number of aliphatic hydroxyl groups is 1. The van der Waals surface area contributed by atoms with Crippen LogP contribution in [0.4, 0.5) is 13.2 Å². The van der Waals surface area contributed by atoms with Crippen LogP contribution < -0.4 is 0 Å². The molecule has 0 radical (unpaired) electrons. The molecule has 0 unspecified atom stereocenters. The van der Waals surface area contributed by atoms with Crippen molar-refractivity contribution in [3.8, 4) is 5.69 Å². The second-order valence-electron chi connectivity index (χ2n) is 3.57. The Labute approximate surface area is 105 Å². The summed E-state index contributed by atoms with van der Waals surface area (Å²) in [6.07, 6.45) is -3.05. The van der Waals surface area contributed by atoms with Gasteiger partial charge >= 0.3 is 6.18 Å². The predicted octanol–water partition coefficient (Wildman–Crippen LogP) is 3.04. The summed E-state index contributed by atoms with van der Waals surface area (Å²) in [5.41, 5.74) is -0.312. The van der Waals surface area contributed by atoms with E-state index in [1.165, 1.54) is 29.1 Å². The number of aromatic nitrogens is 2. The highest BCUT2D eigenvalue weighted by atomic mass is 35.5. The van der Waals surface area contributed by atoms with Gasteiger partial charge in [-0.2, -0.15) is 18.3 Å². The van der Waals surface area contributed by atoms with Crippen molar-refractivity contribution in [1.29, 1.82) is 0 Å². The number of hydrogen-bond acceptors (Lipinski definition) is 2. The van der Waals surface area contributed by atoms with Crippen LogP contribution in [-0.4, -0.2) is 14.9 Å². The monoisotopic (exact) mass is 276 g/mol. The lowest BCUT2D eigenvalue weighted by Gasteiger charge is -2.10. The quantitative estimate of drug-likeness (QED) is 0.915. The van der Waals surface area contributed by atoms with E-state index in [1.807, 2.05) is 0 Å². The molecule has 1 heterocycles. The molecule has 1 N–H and O–H groups in total. The number of alkyl halides is 3. The third kappa shape index (κ3) is 2.49. The number of hydrogen-bond donors (Lipinski definition) is 1. The molecule has 2 rings (SSSR count). The molecule has 0 bridgehead atoms. The molecule has 3 nitrogen and oxygen atoms in total. The lowest BCUT2D eigenvalue weighted by molar-refractivity contribution is -0.137. The molecule has 7 heteroatoms. The van der Waals surface area contributed by atoms with Gasteiger partial charge in [0.2, 0.25) is 0 Å². The van der Waals surface area contributed by atoms with Gasteiger partial charge in [-0.15, -0.1) is 0 Å². The van der Waals surface area contributed by atoms with Crippen molar-refractivity contribution in [3.63, 3.8) is 0 Å². The summed E-state index contributed by atoms with van der Waals surface area (Å²) >= 11 is 5.51. The summed E-state index contributed by atoms with van der Waals surface area (Å²) in [5, 5.41) is 12.4. The van der Waals surface area contributed by atoms with E-state index >= 15 is 0 Å². The Morgan fingerprint density at radius 2 is 2.00 bits per heavy atom. The Morgan fingerprint density at radius 1 is 1.28 bits per heavy atom. The number of halogens is 4. The van der Waals surface area contributed by atoms with Crippen LogP contribution in [0.3, 0.4) is 0 Å². The lowest BCUT2D eigenvalue weighted by Crippen LogP contribution is -2.07. The fourth-order valence-electron chi connectivity index (χ4n) is 1.46. The van der Waals surface area contributed by atoms with Crippen molar-refractivity contribution in [2.45, 2.75) is 12.8 Å².